The topological polar surface area (TPSA) is 124 Å². The van der Waals surface area contributed by atoms with E-state index in [0.29, 0.717) is 12.5 Å². The zero-order chi connectivity index (χ0) is 14.9. The van der Waals surface area contributed by atoms with Crippen LogP contribution >= 0.6 is 0 Å². The van der Waals surface area contributed by atoms with Crippen molar-refractivity contribution in [1.82, 2.24) is 0 Å². The summed E-state index contributed by atoms with van der Waals surface area (Å²) in [5.41, 5.74) is 4.99. The molecular weight excluding hydrogens is 264 g/mol. The smallest absolute Gasteiger partial charge is 0.299 e. The standard InChI is InChI=1S/C12H16N4O4/c1-12(7-13,8-2-3-8)14-10-5-4-9(15(17)18)6-11(10)16(19)20/h4-6,8,14H,2-3,7,13H2,1H3. The minimum absolute atomic E-state index is 0.264. The molecule has 8 heteroatoms. The van der Waals surface area contributed by atoms with E-state index in [1.165, 1.54) is 12.1 Å². The molecule has 1 aromatic carbocycles. The number of hydrogen-bond donors (Lipinski definition) is 2. The number of non-ortho nitro benzene ring substituents is 1. The van der Waals surface area contributed by atoms with Crippen molar-refractivity contribution in [2.24, 2.45) is 11.7 Å². The fourth-order valence-electron chi connectivity index (χ4n) is 2.24. The zero-order valence-electron chi connectivity index (χ0n) is 11.0. The van der Waals surface area contributed by atoms with E-state index in [1.54, 1.807) is 0 Å². The Bertz CT molecular complexity index is 558. The minimum atomic E-state index is -0.653. The average Bonchev–Trinajstić information content (AvgIpc) is 3.23. The molecule has 0 spiro atoms. The van der Waals surface area contributed by atoms with Crippen LogP contribution in [0, 0.1) is 26.1 Å². The van der Waals surface area contributed by atoms with E-state index in [0.717, 1.165) is 18.9 Å². The molecule has 0 aliphatic heterocycles. The van der Waals surface area contributed by atoms with Crippen LogP contribution in [0.2, 0.25) is 0 Å². The van der Waals surface area contributed by atoms with Gasteiger partial charge in [0, 0.05) is 18.2 Å². The molecule has 2 rings (SSSR count). The van der Waals surface area contributed by atoms with E-state index in [2.05, 4.69) is 5.32 Å². The summed E-state index contributed by atoms with van der Waals surface area (Å²) >= 11 is 0. The van der Waals surface area contributed by atoms with E-state index < -0.39 is 15.4 Å². The summed E-state index contributed by atoms with van der Waals surface area (Å²) in [6.45, 7) is 2.25. The van der Waals surface area contributed by atoms with Gasteiger partial charge in [-0.15, -0.1) is 0 Å². The van der Waals surface area contributed by atoms with Crippen LogP contribution in [0.15, 0.2) is 18.2 Å². The van der Waals surface area contributed by atoms with Crippen molar-refractivity contribution in [1.29, 1.82) is 0 Å². The SMILES string of the molecule is CC(CN)(Nc1ccc([N+](=O)[O-])cc1[N+](=O)[O-])C1CC1. The van der Waals surface area contributed by atoms with Crippen LogP contribution in [-0.4, -0.2) is 21.9 Å². The van der Waals surface area contributed by atoms with Gasteiger partial charge in [0.2, 0.25) is 0 Å². The number of nitro benzene ring substituents is 2. The summed E-state index contributed by atoms with van der Waals surface area (Å²) in [6, 6.07) is 3.58. The lowest BCUT2D eigenvalue weighted by Crippen LogP contribution is -2.44. The van der Waals surface area contributed by atoms with Crippen molar-refractivity contribution in [2.45, 2.75) is 25.3 Å². The Hall–Kier alpha value is -2.22. The third-order valence-electron chi connectivity index (χ3n) is 3.71. The van der Waals surface area contributed by atoms with Crippen molar-refractivity contribution in [3.8, 4) is 0 Å². The summed E-state index contributed by atoms with van der Waals surface area (Å²) in [5.74, 6) is 0.377. The first kappa shape index (κ1) is 14.2. The summed E-state index contributed by atoms with van der Waals surface area (Å²) < 4.78 is 0. The molecule has 0 saturated heterocycles. The van der Waals surface area contributed by atoms with Crippen LogP contribution in [-0.2, 0) is 0 Å². The predicted octanol–water partition coefficient (Wildman–Crippen LogP) is 2.04. The molecule has 1 unspecified atom stereocenters. The van der Waals surface area contributed by atoms with Crippen LogP contribution in [0.1, 0.15) is 19.8 Å². The molecule has 1 atom stereocenters. The maximum absolute atomic E-state index is 11.1. The first-order valence-corrected chi connectivity index (χ1v) is 6.28. The van der Waals surface area contributed by atoms with Crippen LogP contribution in [0.4, 0.5) is 17.1 Å². The van der Waals surface area contributed by atoms with Crippen LogP contribution in [0.5, 0.6) is 0 Å². The summed E-state index contributed by atoms with van der Waals surface area (Å²) in [4.78, 5) is 20.5. The van der Waals surface area contributed by atoms with E-state index in [4.69, 9.17) is 5.73 Å². The fourth-order valence-corrected chi connectivity index (χ4v) is 2.24. The molecule has 1 aromatic rings. The second-order valence-corrected chi connectivity index (χ2v) is 5.24. The summed E-state index contributed by atoms with van der Waals surface area (Å²) in [6.07, 6.45) is 2.06. The van der Waals surface area contributed by atoms with Gasteiger partial charge in [0.25, 0.3) is 11.4 Å². The molecule has 0 aromatic heterocycles. The Morgan fingerprint density at radius 2 is 2.00 bits per heavy atom. The van der Waals surface area contributed by atoms with Gasteiger partial charge in [0.05, 0.1) is 15.9 Å². The molecule has 0 radical (unpaired) electrons. The number of hydrogen-bond acceptors (Lipinski definition) is 6. The van der Waals surface area contributed by atoms with Gasteiger partial charge in [-0.3, -0.25) is 20.2 Å². The van der Waals surface area contributed by atoms with E-state index in [9.17, 15) is 20.2 Å². The van der Waals surface area contributed by atoms with Gasteiger partial charge >= 0.3 is 0 Å². The highest BCUT2D eigenvalue weighted by Crippen LogP contribution is 2.42. The number of benzene rings is 1. The number of nitrogens with two attached hydrogens (primary N) is 1. The van der Waals surface area contributed by atoms with E-state index in [-0.39, 0.29) is 17.1 Å². The highest BCUT2D eigenvalue weighted by atomic mass is 16.6. The summed E-state index contributed by atoms with van der Waals surface area (Å²) in [7, 11) is 0. The Labute approximate surface area is 115 Å². The minimum Gasteiger partial charge on any atom is -0.373 e. The van der Waals surface area contributed by atoms with Gasteiger partial charge < -0.3 is 11.1 Å². The molecule has 108 valence electrons. The van der Waals surface area contributed by atoms with Crippen molar-refractivity contribution in [3.63, 3.8) is 0 Å². The second-order valence-electron chi connectivity index (χ2n) is 5.24. The molecule has 20 heavy (non-hydrogen) atoms. The molecule has 1 aliphatic carbocycles. The number of rotatable bonds is 6. The first-order valence-electron chi connectivity index (χ1n) is 6.28. The summed E-state index contributed by atoms with van der Waals surface area (Å²) in [5, 5.41) is 24.9. The Balaban J connectivity index is 2.35. The molecule has 1 fully saturated rings. The maximum atomic E-state index is 11.1. The highest BCUT2D eigenvalue weighted by Gasteiger charge is 2.41. The van der Waals surface area contributed by atoms with Crippen molar-refractivity contribution in [2.75, 3.05) is 11.9 Å². The third kappa shape index (κ3) is 2.69. The van der Waals surface area contributed by atoms with E-state index in [1.807, 2.05) is 6.92 Å². The number of nitrogens with zero attached hydrogens (tertiary/aromatic N) is 2. The first-order chi connectivity index (χ1) is 9.37. The maximum Gasteiger partial charge on any atom is 0.299 e. The lowest BCUT2D eigenvalue weighted by Gasteiger charge is -2.30. The average molecular weight is 280 g/mol. The van der Waals surface area contributed by atoms with Crippen molar-refractivity contribution < 1.29 is 9.85 Å². The van der Waals surface area contributed by atoms with Crippen LogP contribution in [0.25, 0.3) is 0 Å². The lowest BCUT2D eigenvalue weighted by molar-refractivity contribution is -0.393. The monoisotopic (exact) mass is 280 g/mol. The Morgan fingerprint density at radius 1 is 1.35 bits per heavy atom. The molecule has 0 amide bonds. The Morgan fingerprint density at radius 3 is 2.45 bits per heavy atom. The quantitative estimate of drug-likeness (QED) is 0.606. The molecular formula is C12H16N4O4. The Kier molecular flexibility index (Phi) is 3.58. The van der Waals surface area contributed by atoms with Gasteiger partial charge in [-0.2, -0.15) is 0 Å². The van der Waals surface area contributed by atoms with Gasteiger partial charge in [-0.25, -0.2) is 0 Å². The predicted molar refractivity (Wildman–Crippen MR) is 73.6 cm³/mol. The third-order valence-corrected chi connectivity index (χ3v) is 3.71. The van der Waals surface area contributed by atoms with Gasteiger partial charge in [-0.1, -0.05) is 0 Å². The highest BCUT2D eigenvalue weighted by molar-refractivity contribution is 5.66. The largest absolute Gasteiger partial charge is 0.373 e. The van der Waals surface area contributed by atoms with Crippen LogP contribution < -0.4 is 11.1 Å². The second kappa shape index (κ2) is 5.04. The van der Waals surface area contributed by atoms with Crippen molar-refractivity contribution in [3.05, 3.63) is 38.4 Å². The van der Waals surface area contributed by atoms with Crippen LogP contribution in [0.3, 0.4) is 0 Å². The molecule has 8 nitrogen and oxygen atoms in total. The van der Waals surface area contributed by atoms with Gasteiger partial charge in [-0.05, 0) is 31.7 Å². The normalized spacial score (nSPS) is 17.3. The fraction of sp³-hybridized carbons (Fsp3) is 0.500. The van der Waals surface area contributed by atoms with Gasteiger partial charge in [0.1, 0.15) is 5.69 Å². The number of anilines is 1. The van der Waals surface area contributed by atoms with Gasteiger partial charge in [0.15, 0.2) is 0 Å². The zero-order valence-corrected chi connectivity index (χ0v) is 11.0. The lowest BCUT2D eigenvalue weighted by atomic mass is 9.95. The molecule has 1 aliphatic rings. The molecule has 1 saturated carbocycles. The molecule has 3 N–H and O–H groups in total. The molecule has 0 heterocycles. The van der Waals surface area contributed by atoms with Crippen molar-refractivity contribution >= 4 is 17.1 Å². The molecule has 0 bridgehead atoms. The van der Waals surface area contributed by atoms with E-state index >= 15 is 0 Å². The number of nitro groups is 2. The number of nitrogens with one attached hydrogen (secondary N) is 1.